The normalized spacial score (nSPS) is 21.9. The maximum atomic E-state index is 4.31. The van der Waals surface area contributed by atoms with Gasteiger partial charge in [0.05, 0.1) is 0 Å². The molecule has 0 amide bonds. The van der Waals surface area contributed by atoms with Crippen LogP contribution in [0.2, 0.25) is 0 Å². The van der Waals surface area contributed by atoms with Crippen LogP contribution >= 0.6 is 0 Å². The molecule has 1 atom stereocenters. The van der Waals surface area contributed by atoms with Crippen molar-refractivity contribution < 1.29 is 0 Å². The van der Waals surface area contributed by atoms with Crippen LogP contribution in [0.25, 0.3) is 10.8 Å². The molecule has 0 spiro atoms. The molecule has 2 nitrogen and oxygen atoms in total. The summed E-state index contributed by atoms with van der Waals surface area (Å²) in [7, 11) is 2.07. The van der Waals surface area contributed by atoms with Crippen LogP contribution in [0.4, 0.5) is 0 Å². The third kappa shape index (κ3) is 1.71. The number of pyridine rings is 1. The molecule has 106 valence electrons. The highest BCUT2D eigenvalue weighted by Crippen LogP contribution is 2.72. The van der Waals surface area contributed by atoms with Gasteiger partial charge in [0.1, 0.15) is 0 Å². The van der Waals surface area contributed by atoms with E-state index in [2.05, 4.69) is 69.3 Å². The van der Waals surface area contributed by atoms with E-state index in [0.29, 0.717) is 22.8 Å². The minimum Gasteiger partial charge on any atom is -0.313 e. The Morgan fingerprint density at radius 1 is 1.10 bits per heavy atom. The maximum Gasteiger partial charge on any atom is 0.0363 e. The zero-order chi connectivity index (χ0) is 14.5. The Morgan fingerprint density at radius 2 is 1.80 bits per heavy atom. The fraction of sp³-hybridized carbons (Fsp3) is 0.500. The Kier molecular flexibility index (Phi) is 2.91. The summed E-state index contributed by atoms with van der Waals surface area (Å²) in [4.78, 5) is 4.31. The van der Waals surface area contributed by atoms with Gasteiger partial charge in [0.2, 0.25) is 0 Å². The first kappa shape index (κ1) is 13.6. The third-order valence-corrected chi connectivity index (χ3v) is 5.83. The molecule has 2 aromatic rings. The predicted molar refractivity (Wildman–Crippen MR) is 84.6 cm³/mol. The molecular formula is C18H24N2. The summed E-state index contributed by atoms with van der Waals surface area (Å²) in [6.45, 7) is 9.52. The molecule has 1 fully saturated rings. The van der Waals surface area contributed by atoms with Gasteiger partial charge in [-0.2, -0.15) is 0 Å². The van der Waals surface area contributed by atoms with Crippen LogP contribution in [0.1, 0.15) is 39.3 Å². The molecule has 0 saturated heterocycles. The molecule has 0 bridgehead atoms. The molecule has 1 saturated carbocycles. The summed E-state index contributed by atoms with van der Waals surface area (Å²) in [5, 5.41) is 6.10. The van der Waals surface area contributed by atoms with Crippen molar-refractivity contribution in [2.75, 3.05) is 7.05 Å². The van der Waals surface area contributed by atoms with E-state index in [-0.39, 0.29) is 0 Å². The highest BCUT2D eigenvalue weighted by molar-refractivity contribution is 5.85. The summed E-state index contributed by atoms with van der Waals surface area (Å²) < 4.78 is 0. The summed E-state index contributed by atoms with van der Waals surface area (Å²) in [5.74, 6) is 0.644. The SMILES string of the molecule is CNC(c1cccc2ccncc12)C1C(C)(C)C1(C)C. The zero-order valence-electron chi connectivity index (χ0n) is 13.1. The molecule has 1 aromatic heterocycles. The van der Waals surface area contributed by atoms with Crippen LogP contribution in [0, 0.1) is 16.7 Å². The van der Waals surface area contributed by atoms with Gasteiger partial charge < -0.3 is 5.32 Å². The van der Waals surface area contributed by atoms with Crippen molar-refractivity contribution in [3.05, 3.63) is 42.2 Å². The number of hydrogen-bond donors (Lipinski definition) is 1. The van der Waals surface area contributed by atoms with Crippen LogP contribution in [-0.2, 0) is 0 Å². The first-order valence-corrected chi connectivity index (χ1v) is 7.41. The Bertz CT molecular complexity index is 623. The van der Waals surface area contributed by atoms with E-state index in [0.717, 1.165) is 0 Å². The van der Waals surface area contributed by atoms with Gasteiger partial charge in [-0.1, -0.05) is 45.9 Å². The van der Waals surface area contributed by atoms with Crippen LogP contribution < -0.4 is 5.32 Å². The topological polar surface area (TPSA) is 24.9 Å². The summed E-state index contributed by atoms with van der Waals surface area (Å²) in [6.07, 6.45) is 3.86. The van der Waals surface area contributed by atoms with E-state index >= 15 is 0 Å². The summed E-state index contributed by atoms with van der Waals surface area (Å²) in [6, 6.07) is 9.04. The largest absolute Gasteiger partial charge is 0.313 e. The van der Waals surface area contributed by atoms with Gasteiger partial charge >= 0.3 is 0 Å². The molecule has 0 aliphatic heterocycles. The zero-order valence-corrected chi connectivity index (χ0v) is 13.1. The number of rotatable bonds is 3. The molecule has 0 radical (unpaired) electrons. The second-order valence-electron chi connectivity index (χ2n) is 7.13. The molecule has 1 aliphatic carbocycles. The van der Waals surface area contributed by atoms with Crippen molar-refractivity contribution in [2.45, 2.75) is 33.7 Å². The lowest BCUT2D eigenvalue weighted by Crippen LogP contribution is -2.21. The molecular weight excluding hydrogens is 244 g/mol. The Hall–Kier alpha value is -1.41. The monoisotopic (exact) mass is 268 g/mol. The van der Waals surface area contributed by atoms with Crippen molar-refractivity contribution in [2.24, 2.45) is 16.7 Å². The lowest BCUT2D eigenvalue weighted by atomic mass is 9.93. The smallest absolute Gasteiger partial charge is 0.0363 e. The molecule has 1 unspecified atom stereocenters. The first-order chi connectivity index (χ1) is 9.41. The van der Waals surface area contributed by atoms with E-state index in [9.17, 15) is 0 Å². The van der Waals surface area contributed by atoms with Gasteiger partial charge in [-0.25, -0.2) is 0 Å². The van der Waals surface area contributed by atoms with E-state index in [1.165, 1.54) is 16.3 Å². The summed E-state index contributed by atoms with van der Waals surface area (Å²) >= 11 is 0. The molecule has 20 heavy (non-hydrogen) atoms. The number of benzene rings is 1. The molecule has 3 rings (SSSR count). The lowest BCUT2D eigenvalue weighted by Gasteiger charge is -2.21. The number of nitrogens with zero attached hydrogens (tertiary/aromatic N) is 1. The lowest BCUT2D eigenvalue weighted by molar-refractivity contribution is 0.440. The predicted octanol–water partition coefficient (Wildman–Crippen LogP) is 4.18. The average molecular weight is 268 g/mol. The minimum atomic E-state index is 0.366. The fourth-order valence-electron chi connectivity index (χ4n) is 3.99. The van der Waals surface area contributed by atoms with E-state index < -0.39 is 0 Å². The minimum absolute atomic E-state index is 0.366. The van der Waals surface area contributed by atoms with Gasteiger partial charge in [0, 0.05) is 23.8 Å². The molecule has 1 N–H and O–H groups in total. The molecule has 1 heterocycles. The standard InChI is InChI=1S/C18H24N2/c1-17(2)16(18(17,3)4)15(19-5)13-8-6-7-12-9-10-20-11-14(12)13/h6-11,15-16,19H,1-5H3. The van der Waals surface area contributed by atoms with Crippen LogP contribution in [-0.4, -0.2) is 12.0 Å². The first-order valence-electron chi connectivity index (χ1n) is 7.41. The second-order valence-corrected chi connectivity index (χ2v) is 7.13. The number of nitrogens with one attached hydrogen (secondary N) is 1. The van der Waals surface area contributed by atoms with Crippen molar-refractivity contribution in [1.29, 1.82) is 0 Å². The van der Waals surface area contributed by atoms with Crippen molar-refractivity contribution in [3.8, 4) is 0 Å². The number of fused-ring (bicyclic) bond motifs is 1. The molecule has 2 heteroatoms. The van der Waals surface area contributed by atoms with Gasteiger partial charge in [0.25, 0.3) is 0 Å². The van der Waals surface area contributed by atoms with Crippen LogP contribution in [0.5, 0.6) is 0 Å². The van der Waals surface area contributed by atoms with Gasteiger partial charge in [-0.15, -0.1) is 0 Å². The van der Waals surface area contributed by atoms with Gasteiger partial charge in [-0.05, 0) is 40.8 Å². The van der Waals surface area contributed by atoms with Crippen molar-refractivity contribution in [3.63, 3.8) is 0 Å². The van der Waals surface area contributed by atoms with Gasteiger partial charge in [0.15, 0.2) is 0 Å². The van der Waals surface area contributed by atoms with Crippen molar-refractivity contribution in [1.82, 2.24) is 10.3 Å². The fourth-order valence-corrected chi connectivity index (χ4v) is 3.99. The van der Waals surface area contributed by atoms with E-state index in [1.807, 2.05) is 12.4 Å². The van der Waals surface area contributed by atoms with Crippen LogP contribution in [0.15, 0.2) is 36.7 Å². The number of hydrogen-bond acceptors (Lipinski definition) is 2. The molecule has 1 aromatic carbocycles. The maximum absolute atomic E-state index is 4.31. The van der Waals surface area contributed by atoms with Crippen LogP contribution in [0.3, 0.4) is 0 Å². The van der Waals surface area contributed by atoms with E-state index in [1.54, 1.807) is 0 Å². The highest BCUT2D eigenvalue weighted by Gasteiger charge is 2.67. The quantitative estimate of drug-likeness (QED) is 0.903. The van der Waals surface area contributed by atoms with E-state index in [4.69, 9.17) is 0 Å². The summed E-state index contributed by atoms with van der Waals surface area (Å²) in [5.41, 5.74) is 2.11. The Morgan fingerprint density at radius 3 is 2.40 bits per heavy atom. The Labute approximate surface area is 121 Å². The highest BCUT2D eigenvalue weighted by atomic mass is 14.9. The average Bonchev–Trinajstić information content (AvgIpc) is 2.83. The van der Waals surface area contributed by atoms with Gasteiger partial charge in [-0.3, -0.25) is 4.98 Å². The molecule has 1 aliphatic rings. The third-order valence-electron chi connectivity index (χ3n) is 5.83. The second kappa shape index (κ2) is 4.29. The van der Waals surface area contributed by atoms with Crippen molar-refractivity contribution >= 4 is 10.8 Å². The number of aromatic nitrogens is 1. The Balaban J connectivity index is 2.10.